The smallest absolute Gasteiger partial charge is 0.337 e. The summed E-state index contributed by atoms with van der Waals surface area (Å²) in [5.74, 6) is -0.378. The first-order chi connectivity index (χ1) is 5.26. The van der Waals surface area contributed by atoms with Gasteiger partial charge in [-0.25, -0.2) is 4.79 Å². The average molecular weight is 162 g/mol. The van der Waals surface area contributed by atoms with Gasteiger partial charge in [0.25, 0.3) is 0 Å². The van der Waals surface area contributed by atoms with E-state index in [-0.39, 0.29) is 12.6 Å². The first kappa shape index (κ1) is 10.4. The van der Waals surface area contributed by atoms with Crippen LogP contribution in [0.5, 0.6) is 0 Å². The summed E-state index contributed by atoms with van der Waals surface area (Å²) in [4.78, 5) is 10.9. The lowest BCUT2D eigenvalue weighted by Gasteiger charge is -2.11. The molecule has 0 spiro atoms. The predicted molar refractivity (Wildman–Crippen MR) is 39.3 cm³/mol. The third-order valence-electron chi connectivity index (χ3n) is 1.15. The molecule has 0 bridgehead atoms. The summed E-state index contributed by atoms with van der Waals surface area (Å²) >= 11 is 0. The second kappa shape index (κ2) is 6.12. The molecule has 0 aliphatic heterocycles. The van der Waals surface area contributed by atoms with Gasteiger partial charge in [-0.2, -0.15) is 0 Å². The monoisotopic (exact) mass is 162 g/mol. The number of carbonyl (C=O) groups excluding carboxylic acids is 1. The highest BCUT2D eigenvalue weighted by Gasteiger charge is 2.17. The van der Waals surface area contributed by atoms with Gasteiger partial charge in [0.2, 0.25) is 0 Å². The van der Waals surface area contributed by atoms with Gasteiger partial charge < -0.3 is 14.2 Å². The lowest BCUT2D eigenvalue weighted by molar-refractivity contribution is -0.157. The fourth-order valence-corrected chi connectivity index (χ4v) is 0.619. The van der Waals surface area contributed by atoms with Gasteiger partial charge in [-0.05, 0) is 6.92 Å². The minimum Gasteiger partial charge on any atom is -0.464 e. The fraction of sp³-hybridized carbons (Fsp3) is 0.857. The van der Waals surface area contributed by atoms with Crippen LogP contribution >= 0.6 is 0 Å². The predicted octanol–water partition coefficient (Wildman–Crippen LogP) is 0.211. The van der Waals surface area contributed by atoms with Crippen molar-refractivity contribution in [2.24, 2.45) is 0 Å². The molecule has 4 heteroatoms. The van der Waals surface area contributed by atoms with Crippen LogP contribution in [0.1, 0.15) is 6.92 Å². The molecule has 0 aliphatic carbocycles. The topological polar surface area (TPSA) is 44.8 Å². The van der Waals surface area contributed by atoms with Crippen LogP contribution < -0.4 is 0 Å². The van der Waals surface area contributed by atoms with E-state index < -0.39 is 6.10 Å². The molecule has 0 fully saturated rings. The Kier molecular flexibility index (Phi) is 5.78. The van der Waals surface area contributed by atoms with Gasteiger partial charge in [-0.3, -0.25) is 0 Å². The normalized spacial score (nSPS) is 12.6. The highest BCUT2D eigenvalue weighted by atomic mass is 16.6. The number of ether oxygens (including phenoxy) is 3. The first-order valence-electron chi connectivity index (χ1n) is 3.44. The van der Waals surface area contributed by atoms with Crippen molar-refractivity contribution in [1.29, 1.82) is 0 Å². The van der Waals surface area contributed by atoms with Crippen molar-refractivity contribution in [3.8, 4) is 0 Å². The summed E-state index contributed by atoms with van der Waals surface area (Å²) in [5, 5.41) is 0. The summed E-state index contributed by atoms with van der Waals surface area (Å²) in [7, 11) is 2.95. The Morgan fingerprint density at radius 3 is 2.45 bits per heavy atom. The number of esters is 1. The molecule has 0 saturated heterocycles. The third kappa shape index (κ3) is 3.95. The molecule has 0 rings (SSSR count). The number of rotatable bonds is 5. The largest absolute Gasteiger partial charge is 0.464 e. The van der Waals surface area contributed by atoms with E-state index in [1.54, 1.807) is 6.92 Å². The Bertz CT molecular complexity index is 113. The van der Waals surface area contributed by atoms with Crippen molar-refractivity contribution in [2.75, 3.05) is 27.4 Å². The Balaban J connectivity index is 3.71. The zero-order valence-corrected chi connectivity index (χ0v) is 7.12. The molecule has 0 aliphatic rings. The maximum Gasteiger partial charge on any atom is 0.337 e. The molecule has 11 heavy (non-hydrogen) atoms. The van der Waals surface area contributed by atoms with Crippen molar-refractivity contribution in [3.63, 3.8) is 0 Å². The highest BCUT2D eigenvalue weighted by molar-refractivity contribution is 5.74. The second-order valence-corrected chi connectivity index (χ2v) is 1.93. The van der Waals surface area contributed by atoms with Gasteiger partial charge in [-0.1, -0.05) is 0 Å². The van der Waals surface area contributed by atoms with E-state index in [2.05, 4.69) is 0 Å². The Hall–Kier alpha value is -0.610. The molecule has 0 radical (unpaired) electrons. The second-order valence-electron chi connectivity index (χ2n) is 1.93. The maximum atomic E-state index is 10.9. The van der Waals surface area contributed by atoms with Crippen molar-refractivity contribution in [1.82, 2.24) is 0 Å². The third-order valence-corrected chi connectivity index (χ3v) is 1.15. The standard InChI is InChI=1S/C7H14O4/c1-4-11-7(8)6(10-3)5-9-2/h6H,4-5H2,1-3H3/t6-/m1/s1. The van der Waals surface area contributed by atoms with E-state index in [4.69, 9.17) is 14.2 Å². The summed E-state index contributed by atoms with van der Waals surface area (Å²) in [6.07, 6.45) is -0.597. The lowest BCUT2D eigenvalue weighted by atomic mass is 10.4. The van der Waals surface area contributed by atoms with Crippen LogP contribution in [0, 0.1) is 0 Å². The van der Waals surface area contributed by atoms with Gasteiger partial charge in [-0.15, -0.1) is 0 Å². The van der Waals surface area contributed by atoms with Crippen LogP contribution in [-0.4, -0.2) is 39.5 Å². The van der Waals surface area contributed by atoms with Gasteiger partial charge in [0, 0.05) is 14.2 Å². The van der Waals surface area contributed by atoms with E-state index in [9.17, 15) is 4.79 Å². The quantitative estimate of drug-likeness (QED) is 0.542. The fourth-order valence-electron chi connectivity index (χ4n) is 0.619. The molecule has 0 aromatic heterocycles. The van der Waals surface area contributed by atoms with Crippen LogP contribution in [0.15, 0.2) is 0 Å². The molecule has 1 atom stereocenters. The lowest BCUT2D eigenvalue weighted by Crippen LogP contribution is -2.29. The summed E-state index contributed by atoms with van der Waals surface area (Å²) in [5.41, 5.74) is 0. The first-order valence-corrected chi connectivity index (χ1v) is 3.44. The molecule has 66 valence electrons. The van der Waals surface area contributed by atoms with E-state index >= 15 is 0 Å². The van der Waals surface area contributed by atoms with Gasteiger partial charge in [0.15, 0.2) is 6.10 Å². The number of hydrogen-bond acceptors (Lipinski definition) is 4. The van der Waals surface area contributed by atoms with Gasteiger partial charge >= 0.3 is 5.97 Å². The van der Waals surface area contributed by atoms with Crippen LogP contribution in [0.25, 0.3) is 0 Å². The van der Waals surface area contributed by atoms with E-state index in [1.807, 2.05) is 0 Å². The number of hydrogen-bond donors (Lipinski definition) is 0. The molecule has 0 heterocycles. The van der Waals surface area contributed by atoms with E-state index in [0.717, 1.165) is 0 Å². The Labute approximate surface area is 66.4 Å². The number of methoxy groups -OCH3 is 2. The van der Waals surface area contributed by atoms with E-state index in [0.29, 0.717) is 6.61 Å². The van der Waals surface area contributed by atoms with Crippen molar-refractivity contribution in [3.05, 3.63) is 0 Å². The molecular formula is C7H14O4. The molecule has 0 aromatic rings. The molecule has 0 unspecified atom stereocenters. The Morgan fingerprint density at radius 1 is 1.45 bits per heavy atom. The van der Waals surface area contributed by atoms with Crippen molar-refractivity contribution < 1.29 is 19.0 Å². The van der Waals surface area contributed by atoms with Crippen LogP contribution in [0.4, 0.5) is 0 Å². The van der Waals surface area contributed by atoms with Crippen LogP contribution in [0.2, 0.25) is 0 Å². The van der Waals surface area contributed by atoms with Crippen molar-refractivity contribution >= 4 is 5.97 Å². The average Bonchev–Trinajstić information content (AvgIpc) is 2.00. The minimum atomic E-state index is -0.597. The summed E-state index contributed by atoms with van der Waals surface area (Å²) in [6.45, 7) is 2.34. The molecular weight excluding hydrogens is 148 g/mol. The summed E-state index contributed by atoms with van der Waals surface area (Å²) < 4.78 is 14.2. The van der Waals surface area contributed by atoms with Gasteiger partial charge in [0.05, 0.1) is 13.2 Å². The molecule has 4 nitrogen and oxygen atoms in total. The maximum absolute atomic E-state index is 10.9. The zero-order valence-electron chi connectivity index (χ0n) is 7.12. The van der Waals surface area contributed by atoms with E-state index in [1.165, 1.54) is 14.2 Å². The summed E-state index contributed by atoms with van der Waals surface area (Å²) in [6, 6.07) is 0. The molecule has 0 aromatic carbocycles. The SMILES string of the molecule is CCOC(=O)[C@@H](COC)OC. The molecule has 0 saturated carbocycles. The number of carbonyl (C=O) groups is 1. The van der Waals surface area contributed by atoms with Gasteiger partial charge in [0.1, 0.15) is 0 Å². The minimum absolute atomic E-state index is 0.231. The zero-order chi connectivity index (χ0) is 8.69. The highest BCUT2D eigenvalue weighted by Crippen LogP contribution is 1.94. The molecule has 0 N–H and O–H groups in total. The van der Waals surface area contributed by atoms with Crippen LogP contribution in [0.3, 0.4) is 0 Å². The molecule has 0 amide bonds. The van der Waals surface area contributed by atoms with Crippen molar-refractivity contribution in [2.45, 2.75) is 13.0 Å². The Morgan fingerprint density at radius 2 is 2.09 bits per heavy atom. The van der Waals surface area contributed by atoms with Crippen LogP contribution in [-0.2, 0) is 19.0 Å².